The Morgan fingerprint density at radius 2 is 1.91 bits per heavy atom. The first-order chi connectivity index (χ1) is 17.2. The second-order valence-electron chi connectivity index (χ2n) is 9.37. The average Bonchev–Trinajstić information content (AvgIpc) is 3.27. The second-order valence-corrected chi connectivity index (χ2v) is 9.37. The lowest BCUT2D eigenvalue weighted by Crippen LogP contribution is -2.37. The Labute approximate surface area is 203 Å². The minimum absolute atomic E-state index is 0.0803. The Morgan fingerprint density at radius 3 is 2.71 bits per heavy atom. The highest BCUT2D eigenvalue weighted by molar-refractivity contribution is 5.83. The lowest BCUT2D eigenvalue weighted by atomic mass is 9.95. The Kier molecular flexibility index (Phi) is 5.66. The molecule has 2 aliphatic rings. The van der Waals surface area contributed by atoms with E-state index in [1.165, 1.54) is 5.56 Å². The van der Waals surface area contributed by atoms with Crippen molar-refractivity contribution in [3.8, 4) is 11.1 Å². The first kappa shape index (κ1) is 21.7. The molecule has 0 aliphatic carbocycles. The van der Waals surface area contributed by atoms with Crippen LogP contribution in [0.4, 0.5) is 5.95 Å². The van der Waals surface area contributed by atoms with Gasteiger partial charge in [-0.15, -0.1) is 0 Å². The molecular formula is C27H27N5O3. The van der Waals surface area contributed by atoms with Crippen molar-refractivity contribution in [2.24, 2.45) is 5.92 Å². The molecule has 8 heteroatoms. The van der Waals surface area contributed by atoms with E-state index >= 15 is 0 Å². The van der Waals surface area contributed by atoms with Crippen LogP contribution in [0.1, 0.15) is 36.7 Å². The maximum atomic E-state index is 11.1. The van der Waals surface area contributed by atoms with Crippen LogP contribution in [0.2, 0.25) is 0 Å². The predicted molar refractivity (Wildman–Crippen MR) is 132 cm³/mol. The third-order valence-corrected chi connectivity index (χ3v) is 7.00. The van der Waals surface area contributed by atoms with Crippen LogP contribution >= 0.6 is 0 Å². The summed E-state index contributed by atoms with van der Waals surface area (Å²) >= 11 is 0. The quantitative estimate of drug-likeness (QED) is 0.466. The van der Waals surface area contributed by atoms with Gasteiger partial charge in [0, 0.05) is 37.5 Å². The zero-order valence-corrected chi connectivity index (χ0v) is 19.4. The topological polar surface area (TPSA) is 93.4 Å². The molecule has 8 nitrogen and oxygen atoms in total. The summed E-state index contributed by atoms with van der Waals surface area (Å²) < 4.78 is 8.16. The van der Waals surface area contributed by atoms with Crippen molar-refractivity contribution in [1.29, 1.82) is 0 Å². The first-order valence-corrected chi connectivity index (χ1v) is 12.1. The number of nitrogens with zero attached hydrogens (tertiary/aromatic N) is 5. The van der Waals surface area contributed by atoms with Gasteiger partial charge in [0.1, 0.15) is 12.4 Å². The third kappa shape index (κ3) is 4.25. The molecule has 4 aromatic rings. The van der Waals surface area contributed by atoms with Crippen molar-refractivity contribution in [2.45, 2.75) is 31.9 Å². The highest BCUT2D eigenvalue weighted by Crippen LogP contribution is 2.33. The number of piperidine rings is 1. The van der Waals surface area contributed by atoms with Crippen molar-refractivity contribution in [3.05, 3.63) is 72.3 Å². The zero-order valence-electron chi connectivity index (χ0n) is 19.4. The van der Waals surface area contributed by atoms with Gasteiger partial charge in [-0.3, -0.25) is 4.79 Å². The number of carbonyl (C=O) groups is 1. The smallest absolute Gasteiger partial charge is 0.303 e. The van der Waals surface area contributed by atoms with Gasteiger partial charge in [0.2, 0.25) is 5.95 Å². The van der Waals surface area contributed by atoms with Gasteiger partial charge in [0.25, 0.3) is 0 Å². The monoisotopic (exact) mass is 469 g/mol. The zero-order chi connectivity index (χ0) is 23.8. The first-order valence-electron chi connectivity index (χ1n) is 12.1. The number of fused-ring (bicyclic) bond motifs is 3. The van der Waals surface area contributed by atoms with E-state index in [1.54, 1.807) is 0 Å². The number of rotatable bonds is 5. The molecule has 6 rings (SSSR count). The summed E-state index contributed by atoms with van der Waals surface area (Å²) in [4.78, 5) is 27.3. The fourth-order valence-electron chi connectivity index (χ4n) is 5.32. The molecular weight excluding hydrogens is 442 g/mol. The summed E-state index contributed by atoms with van der Waals surface area (Å²) in [5.41, 5.74) is 5.20. The normalized spacial score (nSPS) is 20.1. The van der Waals surface area contributed by atoms with Gasteiger partial charge in [-0.25, -0.2) is 15.0 Å². The second kappa shape index (κ2) is 9.11. The molecule has 0 amide bonds. The molecule has 4 heterocycles. The highest BCUT2D eigenvalue weighted by atomic mass is 16.5. The highest BCUT2D eigenvalue weighted by Gasteiger charge is 2.26. The summed E-state index contributed by atoms with van der Waals surface area (Å²) in [6, 6.07) is 16.7. The number of hydrogen-bond donors (Lipinski definition) is 1. The number of hydrogen-bond acceptors (Lipinski definition) is 6. The minimum Gasteiger partial charge on any atom is -0.481 e. The van der Waals surface area contributed by atoms with E-state index in [1.807, 2.05) is 24.5 Å². The fourth-order valence-corrected chi connectivity index (χ4v) is 5.32. The van der Waals surface area contributed by atoms with E-state index in [2.05, 4.69) is 55.8 Å². The maximum Gasteiger partial charge on any atom is 0.303 e. The molecule has 1 unspecified atom stereocenters. The number of imidazole rings is 1. The molecule has 35 heavy (non-hydrogen) atoms. The van der Waals surface area contributed by atoms with E-state index in [0.29, 0.717) is 25.7 Å². The van der Waals surface area contributed by atoms with Crippen LogP contribution in [0.3, 0.4) is 0 Å². The molecule has 0 spiro atoms. The van der Waals surface area contributed by atoms with Crippen LogP contribution in [-0.2, 0) is 16.1 Å². The lowest BCUT2D eigenvalue weighted by Gasteiger charge is -2.32. The number of benzene rings is 2. The Balaban J connectivity index is 1.29. The number of carboxylic acids is 1. The van der Waals surface area contributed by atoms with Gasteiger partial charge < -0.3 is 19.3 Å². The fraction of sp³-hybridized carbons (Fsp3) is 0.333. The SMILES string of the molecule is O=C(O)CC1CCCN(c2ncc(-c3ccc4nc5n(c4c3)[C@@H](c3ccccc3)COC5)cn2)C1. The molecule has 1 fully saturated rings. The summed E-state index contributed by atoms with van der Waals surface area (Å²) in [5, 5.41) is 9.14. The molecule has 0 saturated carbocycles. The van der Waals surface area contributed by atoms with Crippen LogP contribution in [-0.4, -0.2) is 50.3 Å². The number of aliphatic carboxylic acids is 1. The van der Waals surface area contributed by atoms with Crippen LogP contribution in [0.25, 0.3) is 22.2 Å². The molecule has 178 valence electrons. The Bertz CT molecular complexity index is 1350. The maximum absolute atomic E-state index is 11.1. The average molecular weight is 470 g/mol. The van der Waals surface area contributed by atoms with E-state index in [0.717, 1.165) is 47.4 Å². The van der Waals surface area contributed by atoms with E-state index in [-0.39, 0.29) is 18.4 Å². The molecule has 1 N–H and O–H groups in total. The number of ether oxygens (including phenoxy) is 1. The van der Waals surface area contributed by atoms with Crippen LogP contribution < -0.4 is 4.90 Å². The summed E-state index contributed by atoms with van der Waals surface area (Å²) in [5.74, 6) is 0.992. The lowest BCUT2D eigenvalue weighted by molar-refractivity contribution is -0.138. The van der Waals surface area contributed by atoms with Crippen molar-refractivity contribution in [3.63, 3.8) is 0 Å². The van der Waals surface area contributed by atoms with Crippen molar-refractivity contribution in [1.82, 2.24) is 19.5 Å². The number of aromatic nitrogens is 4. The largest absolute Gasteiger partial charge is 0.481 e. The number of anilines is 1. The third-order valence-electron chi connectivity index (χ3n) is 7.00. The van der Waals surface area contributed by atoms with E-state index in [9.17, 15) is 4.79 Å². The van der Waals surface area contributed by atoms with Crippen molar-refractivity contribution < 1.29 is 14.6 Å². The summed E-state index contributed by atoms with van der Waals surface area (Å²) in [7, 11) is 0. The number of carboxylic acid groups (broad SMARTS) is 1. The molecule has 2 aromatic carbocycles. The molecule has 2 atom stereocenters. The van der Waals surface area contributed by atoms with Gasteiger partial charge in [-0.05, 0) is 42.0 Å². The van der Waals surface area contributed by atoms with Gasteiger partial charge in [-0.1, -0.05) is 36.4 Å². The van der Waals surface area contributed by atoms with Crippen LogP contribution in [0.15, 0.2) is 60.9 Å². The summed E-state index contributed by atoms with van der Waals surface area (Å²) in [6.45, 7) is 2.65. The molecule has 2 aliphatic heterocycles. The Morgan fingerprint density at radius 1 is 1.09 bits per heavy atom. The van der Waals surface area contributed by atoms with Gasteiger partial charge in [0.05, 0.1) is 23.7 Å². The van der Waals surface area contributed by atoms with Gasteiger partial charge in [-0.2, -0.15) is 0 Å². The minimum atomic E-state index is -0.744. The van der Waals surface area contributed by atoms with Gasteiger partial charge in [0.15, 0.2) is 0 Å². The van der Waals surface area contributed by atoms with Crippen LogP contribution in [0, 0.1) is 5.92 Å². The molecule has 0 bridgehead atoms. The summed E-state index contributed by atoms with van der Waals surface area (Å²) in [6.07, 6.45) is 5.80. The van der Waals surface area contributed by atoms with Crippen molar-refractivity contribution >= 4 is 23.0 Å². The van der Waals surface area contributed by atoms with Crippen LogP contribution in [0.5, 0.6) is 0 Å². The van der Waals surface area contributed by atoms with E-state index in [4.69, 9.17) is 14.8 Å². The molecule has 2 aromatic heterocycles. The van der Waals surface area contributed by atoms with Gasteiger partial charge >= 0.3 is 5.97 Å². The van der Waals surface area contributed by atoms with Crippen molar-refractivity contribution in [2.75, 3.05) is 24.6 Å². The standard InChI is InChI=1S/C27H27N5O3/c33-26(34)11-18-5-4-10-31(15-18)27-28-13-21(14-29-27)20-8-9-22-23(12-20)32-24(16-35-17-25(32)30-22)19-6-2-1-3-7-19/h1-3,6-9,12-14,18,24H,4-5,10-11,15-17H2,(H,33,34)/t18?,24-/m1/s1. The predicted octanol–water partition coefficient (Wildman–Crippen LogP) is 4.30. The molecule has 0 radical (unpaired) electrons. The Hall–Kier alpha value is -3.78. The van der Waals surface area contributed by atoms with E-state index < -0.39 is 5.97 Å². The molecule has 1 saturated heterocycles.